The van der Waals surface area contributed by atoms with Crippen molar-refractivity contribution in [1.82, 2.24) is 19.9 Å². The van der Waals surface area contributed by atoms with Crippen molar-refractivity contribution in [3.63, 3.8) is 0 Å². The van der Waals surface area contributed by atoms with Crippen LogP contribution in [0.15, 0.2) is 42.9 Å². The molecule has 7 nitrogen and oxygen atoms in total. The van der Waals surface area contributed by atoms with Crippen molar-refractivity contribution in [2.75, 3.05) is 18.5 Å². The van der Waals surface area contributed by atoms with E-state index in [1.54, 1.807) is 18.6 Å². The van der Waals surface area contributed by atoms with Crippen LogP contribution >= 0.6 is 0 Å². The van der Waals surface area contributed by atoms with Gasteiger partial charge in [-0.1, -0.05) is 6.08 Å². The van der Waals surface area contributed by atoms with E-state index in [-0.39, 0.29) is 6.10 Å². The van der Waals surface area contributed by atoms with Gasteiger partial charge < -0.3 is 14.8 Å². The highest BCUT2D eigenvalue weighted by molar-refractivity contribution is 5.86. The highest BCUT2D eigenvalue weighted by Crippen LogP contribution is 2.33. The topological polar surface area (TPSA) is 82.1 Å². The second-order valence-corrected chi connectivity index (χ2v) is 8.18. The van der Waals surface area contributed by atoms with Gasteiger partial charge in [0.25, 0.3) is 0 Å². The molecule has 0 amide bonds. The van der Waals surface area contributed by atoms with E-state index in [9.17, 15) is 0 Å². The summed E-state index contributed by atoms with van der Waals surface area (Å²) in [5, 5.41) is 3.54. The number of hydrogen-bond donors (Lipinski definition) is 1. The van der Waals surface area contributed by atoms with E-state index in [2.05, 4.69) is 43.5 Å². The average molecular weight is 418 g/mol. The van der Waals surface area contributed by atoms with Crippen LogP contribution in [-0.2, 0) is 4.74 Å². The molecule has 0 bridgehead atoms. The molecular formula is C24H27N5O2. The number of aryl methyl sites for hydroxylation is 1. The number of ether oxygens (including phenoxy) is 2. The molecule has 0 saturated heterocycles. The van der Waals surface area contributed by atoms with Crippen molar-refractivity contribution in [2.45, 2.75) is 51.2 Å². The number of fused-ring (bicyclic) bond motifs is 1. The summed E-state index contributed by atoms with van der Waals surface area (Å²) in [7, 11) is 0. The summed E-state index contributed by atoms with van der Waals surface area (Å²) in [4.78, 5) is 17.7. The Labute approximate surface area is 182 Å². The van der Waals surface area contributed by atoms with Gasteiger partial charge in [0, 0.05) is 24.6 Å². The molecule has 1 N–H and O–H groups in total. The maximum Gasteiger partial charge on any atom is 0.148 e. The normalized spacial score (nSPS) is 21.5. The third-order valence-corrected chi connectivity index (χ3v) is 5.97. The summed E-state index contributed by atoms with van der Waals surface area (Å²) < 4.78 is 12.0. The molecule has 160 valence electrons. The SMILES string of the molecule is Cc1nccc(N[C@H]2CC[C@@H](Oc3cc(C4=CCOCC4)cc4nccnc34)CC2)n1. The molecule has 31 heavy (non-hydrogen) atoms. The van der Waals surface area contributed by atoms with E-state index >= 15 is 0 Å². The minimum absolute atomic E-state index is 0.175. The van der Waals surface area contributed by atoms with Crippen molar-refractivity contribution in [3.05, 3.63) is 54.3 Å². The fraction of sp³-hybridized carbons (Fsp3) is 0.417. The van der Waals surface area contributed by atoms with Crippen molar-refractivity contribution >= 4 is 22.4 Å². The Balaban J connectivity index is 1.30. The number of benzene rings is 1. The van der Waals surface area contributed by atoms with Crippen LogP contribution in [0.4, 0.5) is 5.82 Å². The Hall–Kier alpha value is -3.06. The molecule has 1 saturated carbocycles. The lowest BCUT2D eigenvalue weighted by molar-refractivity contribution is 0.151. The number of rotatable bonds is 5. The van der Waals surface area contributed by atoms with Gasteiger partial charge in [0.15, 0.2) is 0 Å². The zero-order chi connectivity index (χ0) is 21.0. The number of anilines is 1. The number of aromatic nitrogens is 4. The lowest BCUT2D eigenvalue weighted by atomic mass is 9.92. The Kier molecular flexibility index (Phi) is 5.76. The first-order chi connectivity index (χ1) is 15.2. The van der Waals surface area contributed by atoms with Gasteiger partial charge in [-0.2, -0.15) is 0 Å². The van der Waals surface area contributed by atoms with Crippen LogP contribution in [0.5, 0.6) is 5.75 Å². The van der Waals surface area contributed by atoms with E-state index < -0.39 is 0 Å². The average Bonchev–Trinajstić information content (AvgIpc) is 2.81. The summed E-state index contributed by atoms with van der Waals surface area (Å²) in [6, 6.07) is 6.57. The van der Waals surface area contributed by atoms with Crippen molar-refractivity contribution < 1.29 is 9.47 Å². The Bertz CT molecular complexity index is 1090. The van der Waals surface area contributed by atoms with E-state index in [1.165, 1.54) is 5.57 Å². The highest BCUT2D eigenvalue weighted by atomic mass is 16.5. The lowest BCUT2D eigenvalue weighted by Gasteiger charge is -2.30. The van der Waals surface area contributed by atoms with E-state index in [0.717, 1.165) is 72.7 Å². The van der Waals surface area contributed by atoms with Gasteiger partial charge in [-0.05, 0) is 68.4 Å². The van der Waals surface area contributed by atoms with Gasteiger partial charge in [-0.25, -0.2) is 15.0 Å². The molecular weight excluding hydrogens is 390 g/mol. The molecule has 2 aromatic heterocycles. The van der Waals surface area contributed by atoms with Crippen LogP contribution < -0.4 is 10.1 Å². The van der Waals surface area contributed by atoms with Crippen LogP contribution in [0, 0.1) is 6.92 Å². The predicted molar refractivity (Wildman–Crippen MR) is 120 cm³/mol. The maximum absolute atomic E-state index is 6.50. The van der Waals surface area contributed by atoms with E-state index in [0.29, 0.717) is 12.6 Å². The summed E-state index contributed by atoms with van der Waals surface area (Å²) in [5.74, 6) is 2.51. The van der Waals surface area contributed by atoms with Crippen LogP contribution in [0.1, 0.15) is 43.5 Å². The lowest BCUT2D eigenvalue weighted by Crippen LogP contribution is -2.31. The summed E-state index contributed by atoms with van der Waals surface area (Å²) in [6.45, 7) is 3.32. The van der Waals surface area contributed by atoms with Crippen molar-refractivity contribution in [3.8, 4) is 5.75 Å². The molecule has 1 aliphatic heterocycles. The summed E-state index contributed by atoms with van der Waals surface area (Å²) >= 11 is 0. The Morgan fingerprint density at radius 2 is 1.90 bits per heavy atom. The first-order valence-electron chi connectivity index (χ1n) is 11.0. The molecule has 1 aromatic carbocycles. The Morgan fingerprint density at radius 1 is 1.03 bits per heavy atom. The minimum Gasteiger partial charge on any atom is -0.488 e. The second-order valence-electron chi connectivity index (χ2n) is 8.18. The molecule has 5 rings (SSSR count). The maximum atomic E-state index is 6.50. The molecule has 2 aliphatic rings. The predicted octanol–water partition coefficient (Wildman–Crippen LogP) is 4.33. The fourth-order valence-corrected chi connectivity index (χ4v) is 4.36. The number of hydrogen-bond acceptors (Lipinski definition) is 7. The smallest absolute Gasteiger partial charge is 0.148 e. The fourth-order valence-electron chi connectivity index (χ4n) is 4.36. The first kappa shape index (κ1) is 19.9. The first-order valence-corrected chi connectivity index (χ1v) is 11.0. The van der Waals surface area contributed by atoms with Crippen LogP contribution in [0.25, 0.3) is 16.6 Å². The standard InChI is InChI=1S/C24H27N5O2/c1-16-25-9-6-23(28-16)29-19-2-4-20(5-3-19)31-22-15-18(17-7-12-30-13-8-17)14-21-24(22)27-11-10-26-21/h6-7,9-11,14-15,19-20H,2-5,8,12-13H2,1H3,(H,25,28,29)/t19-,20+. The molecule has 0 radical (unpaired) electrons. The molecule has 0 unspecified atom stereocenters. The zero-order valence-corrected chi connectivity index (χ0v) is 17.8. The third kappa shape index (κ3) is 4.66. The summed E-state index contributed by atoms with van der Waals surface area (Å²) in [5.41, 5.74) is 4.14. The van der Waals surface area contributed by atoms with Gasteiger partial charge in [-0.15, -0.1) is 0 Å². The quantitative estimate of drug-likeness (QED) is 0.661. The van der Waals surface area contributed by atoms with Gasteiger partial charge in [0.2, 0.25) is 0 Å². The molecule has 1 fully saturated rings. The summed E-state index contributed by atoms with van der Waals surface area (Å²) in [6.07, 6.45) is 12.6. The third-order valence-electron chi connectivity index (χ3n) is 5.97. The molecule has 0 atom stereocenters. The number of nitrogens with zero attached hydrogens (tertiary/aromatic N) is 4. The molecule has 3 aromatic rings. The van der Waals surface area contributed by atoms with Crippen molar-refractivity contribution in [1.29, 1.82) is 0 Å². The second kappa shape index (κ2) is 8.98. The van der Waals surface area contributed by atoms with Crippen molar-refractivity contribution in [2.24, 2.45) is 0 Å². The highest BCUT2D eigenvalue weighted by Gasteiger charge is 2.24. The van der Waals surface area contributed by atoms with Gasteiger partial charge in [0.1, 0.15) is 22.9 Å². The van der Waals surface area contributed by atoms with E-state index in [1.807, 2.05) is 13.0 Å². The molecule has 3 heterocycles. The zero-order valence-electron chi connectivity index (χ0n) is 17.8. The Morgan fingerprint density at radius 3 is 2.71 bits per heavy atom. The van der Waals surface area contributed by atoms with Crippen LogP contribution in [0.2, 0.25) is 0 Å². The minimum atomic E-state index is 0.175. The van der Waals surface area contributed by atoms with E-state index in [4.69, 9.17) is 9.47 Å². The largest absolute Gasteiger partial charge is 0.488 e. The number of nitrogens with one attached hydrogen (secondary N) is 1. The van der Waals surface area contributed by atoms with Crippen LogP contribution in [-0.4, -0.2) is 45.3 Å². The molecule has 7 heteroatoms. The van der Waals surface area contributed by atoms with Gasteiger partial charge >= 0.3 is 0 Å². The molecule has 1 aliphatic carbocycles. The monoisotopic (exact) mass is 417 g/mol. The van der Waals surface area contributed by atoms with Crippen LogP contribution in [0.3, 0.4) is 0 Å². The van der Waals surface area contributed by atoms with Gasteiger partial charge in [0.05, 0.1) is 24.8 Å². The molecule has 0 spiro atoms. The van der Waals surface area contributed by atoms with Gasteiger partial charge in [-0.3, -0.25) is 4.98 Å².